The van der Waals surface area contributed by atoms with Crippen LogP contribution < -0.4 is 5.48 Å². The molecule has 0 aliphatic carbocycles. The maximum atomic E-state index is 12.6. The fourth-order valence-corrected chi connectivity index (χ4v) is 1.03. The Morgan fingerprint density at radius 3 is 2.58 bits per heavy atom. The van der Waals surface area contributed by atoms with Crippen LogP contribution in [-0.4, -0.2) is 5.21 Å². The molecule has 0 amide bonds. The highest BCUT2D eigenvalue weighted by molar-refractivity contribution is 6.30. The van der Waals surface area contributed by atoms with Crippen LogP contribution in [0.3, 0.4) is 0 Å². The van der Waals surface area contributed by atoms with E-state index in [2.05, 4.69) is 0 Å². The minimum absolute atomic E-state index is 0.0247. The van der Waals surface area contributed by atoms with E-state index in [-0.39, 0.29) is 11.6 Å². The number of hydrogen-bond acceptors (Lipinski definition) is 2. The van der Waals surface area contributed by atoms with Gasteiger partial charge in [-0.15, -0.1) is 0 Å². The van der Waals surface area contributed by atoms with Crippen molar-refractivity contribution in [2.45, 2.75) is 6.54 Å². The zero-order valence-corrected chi connectivity index (χ0v) is 6.70. The van der Waals surface area contributed by atoms with E-state index in [9.17, 15) is 8.78 Å². The maximum absolute atomic E-state index is 12.6. The fourth-order valence-electron chi connectivity index (χ4n) is 0.801. The Morgan fingerprint density at radius 1 is 1.42 bits per heavy atom. The van der Waals surface area contributed by atoms with E-state index >= 15 is 0 Å². The first-order valence-electron chi connectivity index (χ1n) is 3.15. The lowest BCUT2D eigenvalue weighted by Crippen LogP contribution is -2.06. The molecular formula is C7H6ClF2NO. The molecule has 66 valence electrons. The molecule has 0 spiro atoms. The lowest BCUT2D eigenvalue weighted by molar-refractivity contribution is 0.161. The molecule has 0 heterocycles. The average molecular weight is 194 g/mol. The molecule has 0 saturated heterocycles. The van der Waals surface area contributed by atoms with E-state index in [1.165, 1.54) is 6.07 Å². The zero-order chi connectivity index (χ0) is 9.14. The summed E-state index contributed by atoms with van der Waals surface area (Å²) >= 11 is 5.33. The highest BCUT2D eigenvalue weighted by Crippen LogP contribution is 2.19. The van der Waals surface area contributed by atoms with Gasteiger partial charge in [-0.25, -0.2) is 14.3 Å². The summed E-state index contributed by atoms with van der Waals surface area (Å²) in [5.74, 6) is -2.09. The van der Waals surface area contributed by atoms with Crippen LogP contribution in [0.2, 0.25) is 5.02 Å². The van der Waals surface area contributed by atoms with Crippen LogP contribution >= 0.6 is 11.6 Å². The first-order chi connectivity index (χ1) is 5.65. The van der Waals surface area contributed by atoms with Crippen molar-refractivity contribution >= 4 is 11.6 Å². The van der Waals surface area contributed by atoms with E-state index in [4.69, 9.17) is 16.8 Å². The maximum Gasteiger partial charge on any atom is 0.177 e. The van der Waals surface area contributed by atoms with E-state index in [1.54, 1.807) is 0 Å². The Balaban J connectivity index is 3.04. The molecule has 0 bridgehead atoms. The molecule has 0 atom stereocenters. The van der Waals surface area contributed by atoms with Crippen molar-refractivity contribution in [1.29, 1.82) is 0 Å². The van der Waals surface area contributed by atoms with Gasteiger partial charge in [0.25, 0.3) is 0 Å². The van der Waals surface area contributed by atoms with Crippen LogP contribution in [-0.2, 0) is 6.54 Å². The van der Waals surface area contributed by atoms with Crippen molar-refractivity contribution < 1.29 is 14.0 Å². The third-order valence-electron chi connectivity index (χ3n) is 1.33. The summed E-state index contributed by atoms with van der Waals surface area (Å²) in [6.45, 7) is 0.0247. The Kier molecular flexibility index (Phi) is 2.97. The van der Waals surface area contributed by atoms with E-state index in [0.717, 1.165) is 6.07 Å². The summed E-state index contributed by atoms with van der Waals surface area (Å²) in [5.41, 5.74) is 2.19. The topological polar surface area (TPSA) is 32.3 Å². The molecule has 0 fully saturated rings. The van der Waals surface area contributed by atoms with Gasteiger partial charge >= 0.3 is 0 Å². The molecule has 0 unspecified atom stereocenters. The number of hydroxylamine groups is 1. The van der Waals surface area contributed by atoms with Gasteiger partial charge in [-0.05, 0) is 17.7 Å². The predicted octanol–water partition coefficient (Wildman–Crippen LogP) is 2.10. The Bertz CT molecular complexity index is 270. The average Bonchev–Trinajstić information content (AvgIpc) is 2.01. The van der Waals surface area contributed by atoms with Crippen LogP contribution in [0, 0.1) is 11.6 Å². The number of hydrogen-bond donors (Lipinski definition) is 2. The summed E-state index contributed by atoms with van der Waals surface area (Å²) in [7, 11) is 0. The molecule has 1 aromatic rings. The van der Waals surface area contributed by atoms with Gasteiger partial charge < -0.3 is 5.21 Å². The van der Waals surface area contributed by atoms with Gasteiger partial charge in [0.1, 0.15) is 0 Å². The van der Waals surface area contributed by atoms with Crippen molar-refractivity contribution in [2.24, 2.45) is 0 Å². The summed E-state index contributed by atoms with van der Waals surface area (Å²) in [4.78, 5) is 0. The fraction of sp³-hybridized carbons (Fsp3) is 0.143. The van der Waals surface area contributed by atoms with Gasteiger partial charge in [0, 0.05) is 6.54 Å². The highest BCUT2D eigenvalue weighted by atomic mass is 35.5. The number of nitrogens with one attached hydrogen (secondary N) is 1. The lowest BCUT2D eigenvalue weighted by atomic mass is 10.2. The van der Waals surface area contributed by atoms with Crippen LogP contribution in [0.4, 0.5) is 8.78 Å². The Hall–Kier alpha value is -0.710. The van der Waals surface area contributed by atoms with Crippen molar-refractivity contribution in [3.63, 3.8) is 0 Å². The zero-order valence-electron chi connectivity index (χ0n) is 5.94. The van der Waals surface area contributed by atoms with Gasteiger partial charge in [-0.2, -0.15) is 0 Å². The van der Waals surface area contributed by atoms with Crippen LogP contribution in [0.25, 0.3) is 0 Å². The van der Waals surface area contributed by atoms with Crippen molar-refractivity contribution in [1.82, 2.24) is 5.48 Å². The molecular weight excluding hydrogens is 188 g/mol. The summed E-state index contributed by atoms with van der Waals surface area (Å²) in [6, 6.07) is 2.20. The Labute approximate surface area is 72.7 Å². The van der Waals surface area contributed by atoms with E-state index in [1.807, 2.05) is 5.48 Å². The van der Waals surface area contributed by atoms with Crippen LogP contribution in [0.5, 0.6) is 0 Å². The standard InChI is InChI=1S/C7H6ClF2NO/c8-5-1-4(3-11-12)2-6(9)7(5)10/h1-2,11-12H,3H2. The number of benzene rings is 1. The second kappa shape index (κ2) is 3.80. The monoisotopic (exact) mass is 193 g/mol. The third-order valence-corrected chi connectivity index (χ3v) is 1.60. The first-order valence-corrected chi connectivity index (χ1v) is 3.53. The molecule has 0 saturated carbocycles. The van der Waals surface area contributed by atoms with Crippen LogP contribution in [0.15, 0.2) is 12.1 Å². The molecule has 1 rings (SSSR count). The molecule has 0 radical (unpaired) electrons. The van der Waals surface area contributed by atoms with Crippen molar-refractivity contribution in [3.05, 3.63) is 34.4 Å². The lowest BCUT2D eigenvalue weighted by Gasteiger charge is -2.01. The third kappa shape index (κ3) is 1.91. The summed E-state index contributed by atoms with van der Waals surface area (Å²) < 4.78 is 25.2. The van der Waals surface area contributed by atoms with Gasteiger partial charge in [-0.1, -0.05) is 11.6 Å². The quantitative estimate of drug-likeness (QED) is 0.557. The minimum atomic E-state index is -1.07. The van der Waals surface area contributed by atoms with E-state index in [0.29, 0.717) is 5.56 Å². The number of halogens is 3. The second-order valence-electron chi connectivity index (χ2n) is 2.21. The molecule has 0 aromatic heterocycles. The molecule has 2 N–H and O–H groups in total. The SMILES string of the molecule is ONCc1cc(F)c(F)c(Cl)c1. The number of rotatable bonds is 2. The predicted molar refractivity (Wildman–Crippen MR) is 40.0 cm³/mol. The molecule has 1 aromatic carbocycles. The smallest absolute Gasteiger partial charge is 0.177 e. The minimum Gasteiger partial charge on any atom is -0.316 e. The van der Waals surface area contributed by atoms with Crippen molar-refractivity contribution in [2.75, 3.05) is 0 Å². The first kappa shape index (κ1) is 9.38. The van der Waals surface area contributed by atoms with Gasteiger partial charge in [-0.3, -0.25) is 0 Å². The van der Waals surface area contributed by atoms with Crippen LogP contribution in [0.1, 0.15) is 5.56 Å². The van der Waals surface area contributed by atoms with E-state index < -0.39 is 11.6 Å². The second-order valence-corrected chi connectivity index (χ2v) is 2.62. The molecule has 0 aliphatic rings. The molecule has 5 heteroatoms. The van der Waals surface area contributed by atoms with Gasteiger partial charge in [0.2, 0.25) is 0 Å². The molecule has 0 aliphatic heterocycles. The van der Waals surface area contributed by atoms with Crippen molar-refractivity contribution in [3.8, 4) is 0 Å². The summed E-state index contributed by atoms with van der Waals surface area (Å²) in [5, 5.41) is 7.97. The molecule has 2 nitrogen and oxygen atoms in total. The van der Waals surface area contributed by atoms with Gasteiger partial charge in [0.15, 0.2) is 11.6 Å². The summed E-state index contributed by atoms with van der Waals surface area (Å²) in [6.07, 6.45) is 0. The largest absolute Gasteiger partial charge is 0.316 e. The highest BCUT2D eigenvalue weighted by Gasteiger charge is 2.08. The molecule has 12 heavy (non-hydrogen) atoms. The van der Waals surface area contributed by atoms with Gasteiger partial charge in [0.05, 0.1) is 5.02 Å². The normalized spacial score (nSPS) is 10.3. The Morgan fingerprint density at radius 2 is 2.08 bits per heavy atom.